The van der Waals surface area contributed by atoms with Gasteiger partial charge >= 0.3 is 0 Å². The molecule has 3 rings (SSSR count). The number of rotatable bonds is 11. The number of carbonyl (C=O) groups excluding carboxylic acids is 1. The van der Waals surface area contributed by atoms with Gasteiger partial charge in [0.15, 0.2) is 0 Å². The van der Waals surface area contributed by atoms with Crippen LogP contribution in [0.4, 0.5) is 5.69 Å². The monoisotopic (exact) mass is 454 g/mol. The Morgan fingerprint density at radius 3 is 2.28 bits per heavy atom. The van der Waals surface area contributed by atoms with Gasteiger partial charge in [-0.15, -0.1) is 0 Å². The van der Waals surface area contributed by atoms with Crippen molar-refractivity contribution in [3.8, 4) is 5.75 Å². The molecule has 7 nitrogen and oxygen atoms in total. The molecule has 0 aliphatic heterocycles. The molecule has 168 valence electrons. The van der Waals surface area contributed by atoms with E-state index in [1.165, 1.54) is 12.1 Å². The Hall–Kier alpha value is -3.20. The molecular formula is C24H26N2O5S. The van der Waals surface area contributed by atoms with E-state index in [-0.39, 0.29) is 17.3 Å². The molecule has 8 heteroatoms. The zero-order chi connectivity index (χ0) is 22.8. The van der Waals surface area contributed by atoms with Gasteiger partial charge in [-0.25, -0.2) is 13.1 Å². The summed E-state index contributed by atoms with van der Waals surface area (Å²) in [5.41, 5.74) is 1.72. The van der Waals surface area contributed by atoms with Crippen LogP contribution in [-0.2, 0) is 21.3 Å². The van der Waals surface area contributed by atoms with E-state index in [9.17, 15) is 13.2 Å². The first-order valence-corrected chi connectivity index (χ1v) is 11.7. The fraction of sp³-hybridized carbons (Fsp3) is 0.208. The van der Waals surface area contributed by atoms with E-state index in [0.29, 0.717) is 36.8 Å². The van der Waals surface area contributed by atoms with Crippen molar-refractivity contribution < 1.29 is 22.7 Å². The largest absolute Gasteiger partial charge is 0.490 e. The van der Waals surface area contributed by atoms with Crippen LogP contribution in [0, 0.1) is 0 Å². The number of para-hydroxylation sites is 1. The van der Waals surface area contributed by atoms with Crippen LogP contribution in [0.5, 0.6) is 5.75 Å². The number of amides is 1. The van der Waals surface area contributed by atoms with Gasteiger partial charge in [-0.2, -0.15) is 0 Å². The predicted molar refractivity (Wildman–Crippen MR) is 123 cm³/mol. The maximum atomic E-state index is 12.7. The Morgan fingerprint density at radius 1 is 0.875 bits per heavy atom. The van der Waals surface area contributed by atoms with Crippen LogP contribution >= 0.6 is 0 Å². The lowest BCUT2D eigenvalue weighted by Gasteiger charge is -2.12. The van der Waals surface area contributed by atoms with Crippen molar-refractivity contribution >= 4 is 21.6 Å². The summed E-state index contributed by atoms with van der Waals surface area (Å²) >= 11 is 0. The van der Waals surface area contributed by atoms with Crippen LogP contribution in [0.25, 0.3) is 0 Å². The first kappa shape index (κ1) is 23.5. The van der Waals surface area contributed by atoms with Gasteiger partial charge in [-0.3, -0.25) is 4.79 Å². The van der Waals surface area contributed by atoms with Crippen molar-refractivity contribution in [3.63, 3.8) is 0 Å². The van der Waals surface area contributed by atoms with Crippen LogP contribution in [0.1, 0.15) is 22.8 Å². The van der Waals surface area contributed by atoms with Gasteiger partial charge in [0.25, 0.3) is 5.91 Å². The summed E-state index contributed by atoms with van der Waals surface area (Å²) in [6, 6.07) is 22.2. The van der Waals surface area contributed by atoms with Crippen LogP contribution in [0.3, 0.4) is 0 Å². The average molecular weight is 455 g/mol. The molecule has 0 aromatic heterocycles. The smallest absolute Gasteiger partial charge is 0.259 e. The number of ether oxygens (including phenoxy) is 2. The molecule has 0 aliphatic carbocycles. The average Bonchev–Trinajstić information content (AvgIpc) is 2.82. The van der Waals surface area contributed by atoms with Gasteiger partial charge in [-0.05, 0) is 48.9 Å². The lowest BCUT2D eigenvalue weighted by Crippen LogP contribution is -2.23. The van der Waals surface area contributed by atoms with Gasteiger partial charge in [0.2, 0.25) is 10.0 Å². The topological polar surface area (TPSA) is 93.7 Å². The number of carbonyl (C=O) groups is 1. The highest BCUT2D eigenvalue weighted by Gasteiger charge is 2.15. The molecule has 0 fully saturated rings. The summed E-state index contributed by atoms with van der Waals surface area (Å²) in [4.78, 5) is 12.8. The summed E-state index contributed by atoms with van der Waals surface area (Å²) in [6.45, 7) is 3.46. The highest BCUT2D eigenvalue weighted by Crippen LogP contribution is 2.21. The number of hydrogen-bond acceptors (Lipinski definition) is 5. The SMILES string of the molecule is CCOCCOc1ccccc1C(=O)Nc1ccc(S(=O)(=O)NCc2ccccc2)cc1. The fourth-order valence-corrected chi connectivity index (χ4v) is 3.93. The zero-order valence-corrected chi connectivity index (χ0v) is 18.6. The molecule has 0 radical (unpaired) electrons. The molecule has 3 aromatic carbocycles. The number of hydrogen-bond donors (Lipinski definition) is 2. The molecule has 32 heavy (non-hydrogen) atoms. The summed E-state index contributed by atoms with van der Waals surface area (Å²) in [5.74, 6) is 0.101. The van der Waals surface area contributed by atoms with Crippen molar-refractivity contribution in [1.82, 2.24) is 4.72 Å². The normalized spacial score (nSPS) is 11.2. The van der Waals surface area contributed by atoms with Crippen molar-refractivity contribution in [1.29, 1.82) is 0 Å². The van der Waals surface area contributed by atoms with E-state index in [1.807, 2.05) is 37.3 Å². The third-order valence-electron chi connectivity index (χ3n) is 4.55. The van der Waals surface area contributed by atoms with E-state index >= 15 is 0 Å². The van der Waals surface area contributed by atoms with Crippen molar-refractivity contribution in [2.45, 2.75) is 18.4 Å². The summed E-state index contributed by atoms with van der Waals surface area (Å²) < 4.78 is 38.5. The zero-order valence-electron chi connectivity index (χ0n) is 17.8. The van der Waals surface area contributed by atoms with Gasteiger partial charge in [0, 0.05) is 18.8 Å². The molecule has 0 bridgehead atoms. The van der Waals surface area contributed by atoms with E-state index < -0.39 is 10.0 Å². The summed E-state index contributed by atoms with van der Waals surface area (Å²) in [7, 11) is -3.67. The van der Waals surface area contributed by atoms with Crippen LogP contribution in [0.2, 0.25) is 0 Å². The molecule has 2 N–H and O–H groups in total. The molecule has 0 aliphatic rings. The first-order valence-electron chi connectivity index (χ1n) is 10.2. The van der Waals surface area contributed by atoms with E-state index in [0.717, 1.165) is 5.56 Å². The van der Waals surface area contributed by atoms with Crippen molar-refractivity contribution in [3.05, 3.63) is 90.0 Å². The second-order valence-corrected chi connectivity index (χ2v) is 8.60. The first-order chi connectivity index (χ1) is 15.5. The molecule has 0 saturated heterocycles. The predicted octanol–water partition coefficient (Wildman–Crippen LogP) is 3.83. The Morgan fingerprint density at radius 2 is 1.56 bits per heavy atom. The quantitative estimate of drug-likeness (QED) is 0.430. The van der Waals surface area contributed by atoms with E-state index in [2.05, 4.69) is 10.0 Å². The Bertz CT molecular complexity index is 1120. The highest BCUT2D eigenvalue weighted by atomic mass is 32.2. The Balaban J connectivity index is 1.62. The number of benzene rings is 3. The third-order valence-corrected chi connectivity index (χ3v) is 5.97. The third kappa shape index (κ3) is 6.65. The molecular weight excluding hydrogens is 428 g/mol. The molecule has 0 saturated carbocycles. The Labute approximate surface area is 188 Å². The maximum absolute atomic E-state index is 12.7. The van der Waals surface area contributed by atoms with Gasteiger partial charge in [0.1, 0.15) is 12.4 Å². The second kappa shape index (κ2) is 11.4. The van der Waals surface area contributed by atoms with Gasteiger partial charge in [0.05, 0.1) is 17.1 Å². The van der Waals surface area contributed by atoms with Crippen molar-refractivity contribution in [2.75, 3.05) is 25.1 Å². The van der Waals surface area contributed by atoms with Gasteiger partial charge in [-0.1, -0.05) is 42.5 Å². The molecule has 0 spiro atoms. The molecule has 0 heterocycles. The van der Waals surface area contributed by atoms with Gasteiger partial charge < -0.3 is 14.8 Å². The molecule has 0 unspecified atom stereocenters. The minimum atomic E-state index is -3.67. The van der Waals surface area contributed by atoms with Crippen LogP contribution < -0.4 is 14.8 Å². The number of anilines is 1. The van der Waals surface area contributed by atoms with Crippen molar-refractivity contribution in [2.24, 2.45) is 0 Å². The standard InChI is InChI=1S/C24H26N2O5S/c1-2-30-16-17-31-23-11-7-6-10-22(23)24(27)26-20-12-14-21(15-13-20)32(28,29)25-18-19-8-4-3-5-9-19/h3-15,25H,2,16-18H2,1H3,(H,26,27). The minimum absolute atomic E-state index is 0.117. The molecule has 3 aromatic rings. The molecule has 1 amide bonds. The molecule has 0 atom stereocenters. The number of sulfonamides is 1. The lowest BCUT2D eigenvalue weighted by atomic mass is 10.2. The van der Waals surface area contributed by atoms with E-state index in [1.54, 1.807) is 36.4 Å². The Kier molecular flexibility index (Phi) is 8.38. The van der Waals surface area contributed by atoms with Crippen LogP contribution in [-0.4, -0.2) is 34.1 Å². The highest BCUT2D eigenvalue weighted by molar-refractivity contribution is 7.89. The maximum Gasteiger partial charge on any atom is 0.259 e. The summed E-state index contributed by atoms with van der Waals surface area (Å²) in [6.07, 6.45) is 0. The lowest BCUT2D eigenvalue weighted by molar-refractivity contribution is 0.0998. The fourth-order valence-electron chi connectivity index (χ4n) is 2.91. The number of nitrogens with one attached hydrogen (secondary N) is 2. The van der Waals surface area contributed by atoms with Crippen LogP contribution in [0.15, 0.2) is 83.8 Å². The minimum Gasteiger partial charge on any atom is -0.490 e. The van der Waals surface area contributed by atoms with E-state index in [4.69, 9.17) is 9.47 Å². The summed E-state index contributed by atoms with van der Waals surface area (Å²) in [5, 5.41) is 2.77. The second-order valence-electron chi connectivity index (χ2n) is 6.83.